The summed E-state index contributed by atoms with van der Waals surface area (Å²) < 4.78 is 16.5. The first-order valence-electron chi connectivity index (χ1n) is 10.6. The van der Waals surface area contributed by atoms with Crippen LogP contribution in [-0.4, -0.2) is 62.8 Å². The van der Waals surface area contributed by atoms with Gasteiger partial charge in [-0.2, -0.15) is 0 Å². The molecule has 164 valence electrons. The molecule has 2 aromatic rings. The SMILES string of the molecule is CN=C(NCc1cccnc1OCCOC)NCC(c1ccco1)N1CCCCC1. The van der Waals surface area contributed by atoms with Crippen LogP contribution in [0.5, 0.6) is 5.88 Å². The standard InChI is InChI=1S/C22H33N5O3/c1-23-22(25-16-18-8-6-10-24-21(18)30-15-14-28-2)26-17-19(20-9-7-13-29-20)27-11-4-3-5-12-27/h6-10,13,19H,3-5,11-12,14-17H2,1-2H3,(H2,23,25,26). The number of pyridine rings is 1. The molecule has 30 heavy (non-hydrogen) atoms. The molecule has 8 nitrogen and oxygen atoms in total. The average Bonchev–Trinajstić information content (AvgIpc) is 3.32. The van der Waals surface area contributed by atoms with E-state index in [0.29, 0.717) is 25.6 Å². The van der Waals surface area contributed by atoms with Crippen LogP contribution >= 0.6 is 0 Å². The zero-order valence-electron chi connectivity index (χ0n) is 18.0. The molecule has 0 amide bonds. The number of rotatable bonds is 10. The summed E-state index contributed by atoms with van der Waals surface area (Å²) in [6.45, 7) is 4.46. The fraction of sp³-hybridized carbons (Fsp3) is 0.545. The van der Waals surface area contributed by atoms with Gasteiger partial charge in [-0.15, -0.1) is 0 Å². The Balaban J connectivity index is 1.56. The van der Waals surface area contributed by atoms with E-state index in [1.165, 1.54) is 19.3 Å². The van der Waals surface area contributed by atoms with Gasteiger partial charge >= 0.3 is 0 Å². The lowest BCUT2D eigenvalue weighted by molar-refractivity contribution is 0.143. The Labute approximate surface area is 178 Å². The number of methoxy groups -OCH3 is 1. The first-order valence-corrected chi connectivity index (χ1v) is 10.6. The summed E-state index contributed by atoms with van der Waals surface area (Å²) in [5.41, 5.74) is 0.968. The van der Waals surface area contributed by atoms with Gasteiger partial charge in [0.15, 0.2) is 5.96 Å². The van der Waals surface area contributed by atoms with Crippen molar-refractivity contribution in [3.63, 3.8) is 0 Å². The van der Waals surface area contributed by atoms with Crippen LogP contribution < -0.4 is 15.4 Å². The molecule has 0 aromatic carbocycles. The van der Waals surface area contributed by atoms with E-state index < -0.39 is 0 Å². The second-order valence-corrected chi connectivity index (χ2v) is 7.24. The molecule has 1 aliphatic heterocycles. The molecule has 2 aromatic heterocycles. The van der Waals surface area contributed by atoms with E-state index >= 15 is 0 Å². The van der Waals surface area contributed by atoms with Crippen molar-refractivity contribution in [2.24, 2.45) is 4.99 Å². The molecule has 1 saturated heterocycles. The van der Waals surface area contributed by atoms with Gasteiger partial charge < -0.3 is 24.5 Å². The molecule has 1 unspecified atom stereocenters. The zero-order chi connectivity index (χ0) is 21.0. The lowest BCUT2D eigenvalue weighted by Gasteiger charge is -2.33. The van der Waals surface area contributed by atoms with Crippen molar-refractivity contribution in [2.45, 2.75) is 31.8 Å². The number of furan rings is 1. The molecule has 3 rings (SSSR count). The quantitative estimate of drug-likeness (QED) is 0.350. The van der Waals surface area contributed by atoms with E-state index in [0.717, 1.165) is 36.9 Å². The normalized spacial score (nSPS) is 16.3. The van der Waals surface area contributed by atoms with Crippen molar-refractivity contribution in [3.8, 4) is 5.88 Å². The lowest BCUT2D eigenvalue weighted by atomic mass is 10.1. The second-order valence-electron chi connectivity index (χ2n) is 7.24. The van der Waals surface area contributed by atoms with Crippen molar-refractivity contribution in [2.75, 3.05) is 47.0 Å². The van der Waals surface area contributed by atoms with Gasteiger partial charge in [0.1, 0.15) is 12.4 Å². The Morgan fingerprint density at radius 2 is 2.07 bits per heavy atom. The van der Waals surface area contributed by atoms with Gasteiger partial charge in [0.2, 0.25) is 5.88 Å². The van der Waals surface area contributed by atoms with Gasteiger partial charge in [-0.05, 0) is 44.1 Å². The number of likely N-dealkylation sites (tertiary alicyclic amines) is 1. The van der Waals surface area contributed by atoms with Gasteiger partial charge in [-0.25, -0.2) is 4.98 Å². The molecule has 0 saturated carbocycles. The second kappa shape index (κ2) is 12.2. The van der Waals surface area contributed by atoms with Gasteiger partial charge in [-0.3, -0.25) is 9.89 Å². The summed E-state index contributed by atoms with van der Waals surface area (Å²) in [5, 5.41) is 6.81. The molecule has 1 fully saturated rings. The molecule has 0 bridgehead atoms. The average molecular weight is 416 g/mol. The topological polar surface area (TPSA) is 84.2 Å². The predicted molar refractivity (Wildman–Crippen MR) is 117 cm³/mol. The van der Waals surface area contributed by atoms with Gasteiger partial charge in [-0.1, -0.05) is 12.5 Å². The lowest BCUT2D eigenvalue weighted by Crippen LogP contribution is -2.44. The van der Waals surface area contributed by atoms with Crippen LogP contribution in [0.25, 0.3) is 0 Å². The maximum absolute atomic E-state index is 5.73. The molecule has 1 aliphatic rings. The van der Waals surface area contributed by atoms with Crippen molar-refractivity contribution in [1.82, 2.24) is 20.5 Å². The zero-order valence-corrected chi connectivity index (χ0v) is 18.0. The van der Waals surface area contributed by atoms with Crippen LogP contribution in [0.2, 0.25) is 0 Å². The number of nitrogens with one attached hydrogen (secondary N) is 2. The van der Waals surface area contributed by atoms with E-state index in [1.807, 2.05) is 18.2 Å². The van der Waals surface area contributed by atoms with Crippen LogP contribution in [0.1, 0.15) is 36.6 Å². The van der Waals surface area contributed by atoms with Gasteiger partial charge in [0, 0.05) is 39.0 Å². The Hall–Kier alpha value is -2.58. The molecule has 1 atom stereocenters. The Morgan fingerprint density at radius 3 is 2.80 bits per heavy atom. The highest BCUT2D eigenvalue weighted by Gasteiger charge is 2.24. The maximum Gasteiger partial charge on any atom is 0.218 e. The Bertz CT molecular complexity index is 760. The Kier molecular flexibility index (Phi) is 8.99. The summed E-state index contributed by atoms with van der Waals surface area (Å²) in [6, 6.07) is 8.09. The minimum atomic E-state index is 0.185. The molecule has 0 radical (unpaired) electrons. The monoisotopic (exact) mass is 415 g/mol. The fourth-order valence-electron chi connectivity index (χ4n) is 3.62. The maximum atomic E-state index is 5.73. The number of piperidine rings is 1. The highest BCUT2D eigenvalue weighted by molar-refractivity contribution is 5.79. The first kappa shape index (κ1) is 22.1. The van der Waals surface area contributed by atoms with Crippen molar-refractivity contribution in [3.05, 3.63) is 48.0 Å². The molecule has 0 aliphatic carbocycles. The summed E-state index contributed by atoms with van der Waals surface area (Å²) in [7, 11) is 3.43. The summed E-state index contributed by atoms with van der Waals surface area (Å²) in [4.78, 5) is 11.2. The minimum absolute atomic E-state index is 0.185. The van der Waals surface area contributed by atoms with Gasteiger partial charge in [0.05, 0.1) is 18.9 Å². The van der Waals surface area contributed by atoms with Crippen LogP contribution in [0.15, 0.2) is 46.1 Å². The number of hydrogen-bond donors (Lipinski definition) is 2. The third-order valence-corrected chi connectivity index (χ3v) is 5.21. The van der Waals surface area contributed by atoms with E-state index in [2.05, 4.69) is 31.6 Å². The largest absolute Gasteiger partial charge is 0.475 e. The number of guanidine groups is 1. The number of aliphatic imine (C=N–C) groups is 1. The number of hydrogen-bond acceptors (Lipinski definition) is 6. The number of aromatic nitrogens is 1. The summed E-state index contributed by atoms with van der Waals surface area (Å²) in [5.74, 6) is 2.33. The highest BCUT2D eigenvalue weighted by atomic mass is 16.5. The van der Waals surface area contributed by atoms with Crippen LogP contribution in [0.4, 0.5) is 0 Å². The predicted octanol–water partition coefficient (Wildman–Crippen LogP) is 2.59. The third-order valence-electron chi connectivity index (χ3n) is 5.21. The third kappa shape index (κ3) is 6.47. The van der Waals surface area contributed by atoms with Gasteiger partial charge in [0.25, 0.3) is 0 Å². The van der Waals surface area contributed by atoms with Crippen molar-refractivity contribution in [1.29, 1.82) is 0 Å². The smallest absolute Gasteiger partial charge is 0.218 e. The van der Waals surface area contributed by atoms with Crippen LogP contribution in [0.3, 0.4) is 0 Å². The molecular formula is C22H33N5O3. The molecule has 2 N–H and O–H groups in total. The number of nitrogens with zero attached hydrogens (tertiary/aromatic N) is 3. The molecular weight excluding hydrogens is 382 g/mol. The Morgan fingerprint density at radius 1 is 1.20 bits per heavy atom. The first-order chi connectivity index (χ1) is 14.8. The summed E-state index contributed by atoms with van der Waals surface area (Å²) in [6.07, 6.45) is 7.24. The fourth-order valence-corrected chi connectivity index (χ4v) is 3.62. The highest BCUT2D eigenvalue weighted by Crippen LogP contribution is 2.24. The minimum Gasteiger partial charge on any atom is -0.475 e. The van der Waals surface area contributed by atoms with Crippen LogP contribution in [0, 0.1) is 0 Å². The van der Waals surface area contributed by atoms with Crippen molar-refractivity contribution < 1.29 is 13.9 Å². The van der Waals surface area contributed by atoms with Crippen molar-refractivity contribution >= 4 is 5.96 Å². The van der Waals surface area contributed by atoms with E-state index in [1.54, 1.807) is 26.6 Å². The molecule has 8 heteroatoms. The van der Waals surface area contributed by atoms with E-state index in [9.17, 15) is 0 Å². The van der Waals surface area contributed by atoms with E-state index in [-0.39, 0.29) is 6.04 Å². The summed E-state index contributed by atoms with van der Waals surface area (Å²) >= 11 is 0. The van der Waals surface area contributed by atoms with Crippen LogP contribution in [-0.2, 0) is 11.3 Å². The molecule has 0 spiro atoms. The molecule has 3 heterocycles. The number of ether oxygens (including phenoxy) is 2. The van der Waals surface area contributed by atoms with E-state index in [4.69, 9.17) is 13.9 Å².